The second-order valence-corrected chi connectivity index (χ2v) is 4.87. The van der Waals surface area contributed by atoms with Crippen LogP contribution in [0, 0.1) is 11.3 Å². The zero-order valence-electron chi connectivity index (χ0n) is 9.82. The van der Waals surface area contributed by atoms with Crippen molar-refractivity contribution in [2.45, 2.75) is 39.2 Å². The minimum atomic E-state index is -0.991. The molecule has 1 fully saturated rings. The van der Waals surface area contributed by atoms with E-state index in [9.17, 15) is 9.59 Å². The van der Waals surface area contributed by atoms with Gasteiger partial charge in [-0.2, -0.15) is 0 Å². The molecule has 0 radical (unpaired) electrons. The van der Waals surface area contributed by atoms with E-state index in [-0.39, 0.29) is 11.8 Å². The van der Waals surface area contributed by atoms with Gasteiger partial charge in [-0.1, -0.05) is 20.3 Å². The Balaban J connectivity index is 2.65. The highest BCUT2D eigenvalue weighted by Crippen LogP contribution is 2.40. The third-order valence-electron chi connectivity index (χ3n) is 3.40. The number of carboxylic acid groups (broad SMARTS) is 1. The second kappa shape index (κ2) is 4.82. The quantitative estimate of drug-likeness (QED) is 0.632. The molecule has 92 valence electrons. The first kappa shape index (κ1) is 13.0. The van der Waals surface area contributed by atoms with Crippen molar-refractivity contribution in [1.82, 2.24) is 5.32 Å². The number of nitrogens with one attached hydrogen (secondary N) is 1. The van der Waals surface area contributed by atoms with Crippen LogP contribution in [-0.2, 0) is 9.59 Å². The third kappa shape index (κ3) is 2.35. The smallest absolute Gasteiger partial charge is 0.326 e. The van der Waals surface area contributed by atoms with Crippen LogP contribution in [0.2, 0.25) is 0 Å². The molecular formula is C11H20N2O3. The summed E-state index contributed by atoms with van der Waals surface area (Å²) in [4.78, 5) is 22.9. The zero-order valence-corrected chi connectivity index (χ0v) is 9.82. The van der Waals surface area contributed by atoms with E-state index in [0.29, 0.717) is 6.54 Å². The molecule has 1 aliphatic rings. The van der Waals surface area contributed by atoms with Gasteiger partial charge >= 0.3 is 5.97 Å². The molecule has 16 heavy (non-hydrogen) atoms. The number of aliphatic carboxylic acids is 1. The van der Waals surface area contributed by atoms with Crippen molar-refractivity contribution in [1.29, 1.82) is 0 Å². The van der Waals surface area contributed by atoms with Crippen LogP contribution < -0.4 is 11.1 Å². The predicted octanol–water partition coefficient (Wildman–Crippen LogP) is 0.341. The van der Waals surface area contributed by atoms with Gasteiger partial charge in [-0.05, 0) is 18.8 Å². The molecule has 1 aliphatic carbocycles. The summed E-state index contributed by atoms with van der Waals surface area (Å²) in [7, 11) is 0. The Labute approximate surface area is 95.4 Å². The van der Waals surface area contributed by atoms with Gasteiger partial charge in [0.05, 0.1) is 5.41 Å². The van der Waals surface area contributed by atoms with Crippen molar-refractivity contribution >= 4 is 11.9 Å². The van der Waals surface area contributed by atoms with E-state index < -0.39 is 17.4 Å². The Morgan fingerprint density at radius 2 is 2.00 bits per heavy atom. The molecule has 0 unspecified atom stereocenters. The van der Waals surface area contributed by atoms with Gasteiger partial charge in [-0.15, -0.1) is 0 Å². The highest BCUT2D eigenvalue weighted by atomic mass is 16.4. The monoisotopic (exact) mass is 228 g/mol. The van der Waals surface area contributed by atoms with Crippen molar-refractivity contribution in [3.8, 4) is 0 Å². The van der Waals surface area contributed by atoms with Crippen LogP contribution in [0.4, 0.5) is 0 Å². The lowest BCUT2D eigenvalue weighted by Crippen LogP contribution is -2.55. The molecule has 1 saturated carbocycles. The minimum absolute atomic E-state index is 0.128. The van der Waals surface area contributed by atoms with E-state index in [1.807, 2.05) is 0 Å². The number of amides is 1. The maximum Gasteiger partial charge on any atom is 0.326 e. The Bertz CT molecular complexity index is 279. The molecule has 0 spiro atoms. The summed E-state index contributed by atoms with van der Waals surface area (Å²) >= 11 is 0. The van der Waals surface area contributed by atoms with Gasteiger partial charge in [0.15, 0.2) is 0 Å². The summed E-state index contributed by atoms with van der Waals surface area (Å²) in [5.74, 6) is -1.33. The summed E-state index contributed by atoms with van der Waals surface area (Å²) in [5, 5.41) is 11.6. The van der Waals surface area contributed by atoms with Crippen LogP contribution in [0.1, 0.15) is 33.1 Å². The number of rotatable bonds is 5. The molecule has 0 heterocycles. The van der Waals surface area contributed by atoms with Crippen LogP contribution in [0.15, 0.2) is 0 Å². The lowest BCUT2D eigenvalue weighted by Gasteiger charge is -2.40. The molecule has 5 heteroatoms. The zero-order chi connectivity index (χ0) is 12.3. The summed E-state index contributed by atoms with van der Waals surface area (Å²) < 4.78 is 0. The first-order chi connectivity index (χ1) is 7.43. The van der Waals surface area contributed by atoms with Crippen LogP contribution >= 0.6 is 0 Å². The van der Waals surface area contributed by atoms with Gasteiger partial charge in [0, 0.05) is 6.54 Å². The van der Waals surface area contributed by atoms with E-state index in [4.69, 9.17) is 10.8 Å². The van der Waals surface area contributed by atoms with E-state index in [0.717, 1.165) is 19.3 Å². The largest absolute Gasteiger partial charge is 0.480 e. The highest BCUT2D eigenvalue weighted by Gasteiger charge is 2.44. The topological polar surface area (TPSA) is 92.4 Å². The van der Waals surface area contributed by atoms with Crippen LogP contribution in [-0.4, -0.2) is 29.6 Å². The van der Waals surface area contributed by atoms with Gasteiger partial charge < -0.3 is 16.2 Å². The molecule has 1 rings (SSSR count). The Kier molecular flexibility index (Phi) is 3.91. The van der Waals surface area contributed by atoms with Gasteiger partial charge in [-0.25, -0.2) is 4.79 Å². The van der Waals surface area contributed by atoms with Crippen molar-refractivity contribution in [3.05, 3.63) is 0 Å². The molecule has 5 nitrogen and oxygen atoms in total. The van der Waals surface area contributed by atoms with E-state index in [1.54, 1.807) is 13.8 Å². The van der Waals surface area contributed by atoms with Crippen molar-refractivity contribution in [3.63, 3.8) is 0 Å². The first-order valence-corrected chi connectivity index (χ1v) is 5.67. The summed E-state index contributed by atoms with van der Waals surface area (Å²) in [5.41, 5.74) is 5.08. The van der Waals surface area contributed by atoms with Crippen molar-refractivity contribution in [2.24, 2.45) is 17.1 Å². The van der Waals surface area contributed by atoms with E-state index >= 15 is 0 Å². The lowest BCUT2D eigenvalue weighted by atomic mass is 9.68. The highest BCUT2D eigenvalue weighted by molar-refractivity contribution is 5.88. The Hall–Kier alpha value is -1.10. The SMILES string of the molecule is CC(C)[C@@H](NC(=O)C1(CN)CCC1)C(=O)O. The van der Waals surface area contributed by atoms with Crippen LogP contribution in [0.5, 0.6) is 0 Å². The maximum absolute atomic E-state index is 11.9. The molecule has 0 aromatic heterocycles. The Morgan fingerprint density at radius 3 is 2.25 bits per heavy atom. The molecule has 0 bridgehead atoms. The second-order valence-electron chi connectivity index (χ2n) is 4.87. The van der Waals surface area contributed by atoms with Crippen molar-refractivity contribution in [2.75, 3.05) is 6.54 Å². The van der Waals surface area contributed by atoms with Gasteiger partial charge in [0.1, 0.15) is 6.04 Å². The van der Waals surface area contributed by atoms with Gasteiger partial charge in [-0.3, -0.25) is 4.79 Å². The number of carbonyl (C=O) groups excluding carboxylic acids is 1. The molecule has 1 amide bonds. The van der Waals surface area contributed by atoms with Gasteiger partial charge in [0.25, 0.3) is 0 Å². The fraction of sp³-hybridized carbons (Fsp3) is 0.818. The van der Waals surface area contributed by atoms with Gasteiger partial charge in [0.2, 0.25) is 5.91 Å². The molecule has 0 aromatic rings. The fourth-order valence-electron chi connectivity index (χ4n) is 1.94. The number of hydrogen-bond acceptors (Lipinski definition) is 3. The number of carbonyl (C=O) groups is 2. The maximum atomic E-state index is 11.9. The molecule has 1 atom stereocenters. The average Bonchev–Trinajstić information content (AvgIpc) is 2.12. The number of nitrogens with two attached hydrogens (primary N) is 1. The predicted molar refractivity (Wildman–Crippen MR) is 59.7 cm³/mol. The number of hydrogen-bond donors (Lipinski definition) is 3. The van der Waals surface area contributed by atoms with Crippen LogP contribution in [0.3, 0.4) is 0 Å². The minimum Gasteiger partial charge on any atom is -0.480 e. The van der Waals surface area contributed by atoms with Crippen molar-refractivity contribution < 1.29 is 14.7 Å². The number of carboxylic acids is 1. The van der Waals surface area contributed by atoms with E-state index in [2.05, 4.69) is 5.32 Å². The summed E-state index contributed by atoms with van der Waals surface area (Å²) in [6, 6.07) is -0.823. The molecule has 4 N–H and O–H groups in total. The molecule has 0 saturated heterocycles. The first-order valence-electron chi connectivity index (χ1n) is 5.67. The molecule has 0 aromatic carbocycles. The average molecular weight is 228 g/mol. The van der Waals surface area contributed by atoms with Crippen LogP contribution in [0.25, 0.3) is 0 Å². The van der Waals surface area contributed by atoms with E-state index in [1.165, 1.54) is 0 Å². The summed E-state index contributed by atoms with van der Waals surface area (Å²) in [6.07, 6.45) is 2.52. The molecule has 0 aliphatic heterocycles. The normalized spacial score (nSPS) is 20.0. The Morgan fingerprint density at radius 1 is 1.44 bits per heavy atom. The standard InChI is InChI=1S/C11H20N2O3/c1-7(2)8(9(14)15)13-10(16)11(6-12)4-3-5-11/h7-8H,3-6,12H2,1-2H3,(H,13,16)(H,14,15)/t8-/m1/s1. The molecular weight excluding hydrogens is 208 g/mol. The summed E-state index contributed by atoms with van der Waals surface area (Å²) in [6.45, 7) is 3.84. The fourth-order valence-corrected chi connectivity index (χ4v) is 1.94. The lowest BCUT2D eigenvalue weighted by molar-refractivity contribution is -0.146. The third-order valence-corrected chi connectivity index (χ3v) is 3.40.